The van der Waals surface area contributed by atoms with Crippen LogP contribution in [0.1, 0.15) is 0 Å². The Hall–Kier alpha value is -0.360. The van der Waals surface area contributed by atoms with E-state index in [1.807, 2.05) is 0 Å². The third-order valence-electron chi connectivity index (χ3n) is 3.27. The van der Waals surface area contributed by atoms with Gasteiger partial charge in [-0.05, 0) is 12.2 Å². The number of rotatable bonds is 3. The lowest BCUT2D eigenvalue weighted by atomic mass is 10.1. The molecule has 2 fully saturated rings. The summed E-state index contributed by atoms with van der Waals surface area (Å²) in [5.74, 6) is -0.371. The molecule has 10 heteroatoms. The summed E-state index contributed by atoms with van der Waals surface area (Å²) in [4.78, 5) is 12.3. The van der Waals surface area contributed by atoms with Gasteiger partial charge in [0.05, 0.1) is 6.61 Å². The molecule has 1 amide bonds. The third-order valence-corrected chi connectivity index (χ3v) is 4.45. The van der Waals surface area contributed by atoms with Gasteiger partial charge in [-0.15, -0.1) is 0 Å². The fourth-order valence-corrected chi connectivity index (χ4v) is 3.12. The van der Waals surface area contributed by atoms with E-state index in [4.69, 9.17) is 26.8 Å². The molecule has 0 saturated carbocycles. The van der Waals surface area contributed by atoms with Crippen molar-refractivity contribution in [2.45, 2.75) is 35.6 Å². The minimum Gasteiger partial charge on any atom is -0.394 e. The number of carbonyl (C=O) groups excluding carboxylic acids is 1. The van der Waals surface area contributed by atoms with Crippen LogP contribution in [0.3, 0.4) is 0 Å². The van der Waals surface area contributed by atoms with Crippen LogP contribution in [-0.2, 0) is 14.3 Å². The summed E-state index contributed by atoms with van der Waals surface area (Å²) in [5.41, 5.74) is 0. The largest absolute Gasteiger partial charge is 0.394 e. The molecule has 0 aliphatic carbocycles. The van der Waals surface area contributed by atoms with Crippen LogP contribution >= 0.6 is 28.1 Å². The molecular weight excluding hydrogens is 356 g/mol. The van der Waals surface area contributed by atoms with Gasteiger partial charge >= 0.3 is 0 Å². The molecule has 8 nitrogen and oxygen atoms in total. The fraction of sp³-hybridized carbons (Fsp3) is 0.800. The second-order valence-electron chi connectivity index (χ2n) is 4.46. The second kappa shape index (κ2) is 6.18. The molecule has 0 spiro atoms. The molecule has 2 aliphatic rings. The minimum absolute atomic E-state index is 0.0207. The van der Waals surface area contributed by atoms with Gasteiger partial charge < -0.3 is 30.1 Å². The molecule has 6 atom stereocenters. The zero-order valence-electron chi connectivity index (χ0n) is 10.5. The van der Waals surface area contributed by atoms with Crippen LogP contribution < -0.4 is 5.32 Å². The van der Waals surface area contributed by atoms with Crippen LogP contribution in [0.4, 0.5) is 0 Å². The van der Waals surface area contributed by atoms with Crippen molar-refractivity contribution in [3.05, 3.63) is 0 Å². The van der Waals surface area contributed by atoms with Crippen LogP contribution in [0.25, 0.3) is 0 Å². The SMILES string of the molecule is COC1C(Br)C(=O)NC(=S)N1[C@@H]1O[C@H](CO)[C@@H](O)[C@H]1O. The summed E-state index contributed by atoms with van der Waals surface area (Å²) in [6.45, 7) is -0.447. The smallest absolute Gasteiger partial charge is 0.244 e. The van der Waals surface area contributed by atoms with Gasteiger partial charge in [-0.3, -0.25) is 9.69 Å². The van der Waals surface area contributed by atoms with E-state index in [9.17, 15) is 15.0 Å². The summed E-state index contributed by atoms with van der Waals surface area (Å²) in [6, 6.07) is 0. The number of halogens is 1. The summed E-state index contributed by atoms with van der Waals surface area (Å²) in [5, 5.41) is 31.4. The lowest BCUT2D eigenvalue weighted by molar-refractivity contribution is -0.147. The zero-order chi connectivity index (χ0) is 15.0. The number of hydrogen-bond donors (Lipinski definition) is 4. The first-order chi connectivity index (χ1) is 9.42. The summed E-state index contributed by atoms with van der Waals surface area (Å²) >= 11 is 8.24. The number of amides is 1. The first-order valence-electron chi connectivity index (χ1n) is 5.84. The highest BCUT2D eigenvalue weighted by Crippen LogP contribution is 2.29. The molecule has 0 radical (unpaired) electrons. The van der Waals surface area contributed by atoms with Gasteiger partial charge in [-0.25, -0.2) is 0 Å². The van der Waals surface area contributed by atoms with Gasteiger partial charge in [0, 0.05) is 7.11 Å². The first-order valence-corrected chi connectivity index (χ1v) is 7.17. The molecule has 2 saturated heterocycles. The Morgan fingerprint density at radius 3 is 2.65 bits per heavy atom. The number of aliphatic hydroxyl groups is 3. The molecule has 20 heavy (non-hydrogen) atoms. The lowest BCUT2D eigenvalue weighted by Gasteiger charge is -2.42. The minimum atomic E-state index is -1.29. The highest BCUT2D eigenvalue weighted by Gasteiger charge is 2.51. The van der Waals surface area contributed by atoms with E-state index in [0.717, 1.165) is 0 Å². The Bertz CT molecular complexity index is 413. The van der Waals surface area contributed by atoms with E-state index in [0.29, 0.717) is 0 Å². The van der Waals surface area contributed by atoms with E-state index < -0.39 is 42.2 Å². The van der Waals surface area contributed by atoms with Gasteiger partial charge in [0.25, 0.3) is 0 Å². The summed E-state index contributed by atoms with van der Waals surface area (Å²) in [7, 11) is 1.38. The van der Waals surface area contributed by atoms with Gasteiger partial charge in [0.15, 0.2) is 17.6 Å². The van der Waals surface area contributed by atoms with Crippen molar-refractivity contribution >= 4 is 39.2 Å². The zero-order valence-corrected chi connectivity index (χ0v) is 12.9. The molecule has 0 aromatic rings. The standard InChI is InChI=1S/C10H15BrN2O6S/c1-18-8-4(11)7(17)12-10(20)13(8)9-6(16)5(15)3(2-14)19-9/h3-6,8-9,14-16H,2H2,1H3,(H,12,17,20)/t3-,4?,5-,6-,8?,9-/m1/s1. The lowest BCUT2D eigenvalue weighted by Crippen LogP contribution is -2.66. The number of carbonyl (C=O) groups is 1. The number of hydrogen-bond acceptors (Lipinski definition) is 7. The molecule has 0 bridgehead atoms. The van der Waals surface area contributed by atoms with E-state index >= 15 is 0 Å². The van der Waals surface area contributed by atoms with Crippen molar-refractivity contribution in [3.63, 3.8) is 0 Å². The molecule has 2 aliphatic heterocycles. The van der Waals surface area contributed by atoms with Crippen LogP contribution in [0, 0.1) is 0 Å². The molecule has 2 unspecified atom stereocenters. The van der Waals surface area contributed by atoms with E-state index in [-0.39, 0.29) is 11.0 Å². The van der Waals surface area contributed by atoms with Crippen LogP contribution in [-0.4, -0.2) is 80.6 Å². The van der Waals surface area contributed by atoms with Crippen molar-refractivity contribution < 1.29 is 29.6 Å². The Morgan fingerprint density at radius 2 is 2.15 bits per heavy atom. The quantitative estimate of drug-likeness (QED) is 0.329. The summed E-state index contributed by atoms with van der Waals surface area (Å²) < 4.78 is 10.6. The number of nitrogens with zero attached hydrogens (tertiary/aromatic N) is 1. The maximum Gasteiger partial charge on any atom is 0.244 e. The number of thiocarbonyl (C=S) groups is 1. The van der Waals surface area contributed by atoms with Crippen LogP contribution in [0.15, 0.2) is 0 Å². The van der Waals surface area contributed by atoms with Crippen molar-refractivity contribution in [3.8, 4) is 0 Å². The summed E-state index contributed by atoms with van der Waals surface area (Å²) in [6.07, 6.45) is -5.31. The second-order valence-corrected chi connectivity index (χ2v) is 5.83. The molecular formula is C10H15BrN2O6S. The molecule has 0 aromatic heterocycles. The van der Waals surface area contributed by atoms with E-state index in [1.165, 1.54) is 12.0 Å². The monoisotopic (exact) mass is 370 g/mol. The third kappa shape index (κ3) is 2.56. The van der Waals surface area contributed by atoms with Crippen LogP contribution in [0.5, 0.6) is 0 Å². The average molecular weight is 371 g/mol. The van der Waals surface area contributed by atoms with Crippen molar-refractivity contribution in [1.82, 2.24) is 10.2 Å². The molecule has 2 rings (SSSR count). The Morgan fingerprint density at radius 1 is 1.50 bits per heavy atom. The predicted octanol–water partition coefficient (Wildman–Crippen LogP) is -2.12. The Balaban J connectivity index is 2.25. The highest BCUT2D eigenvalue weighted by molar-refractivity contribution is 9.10. The van der Waals surface area contributed by atoms with E-state index in [2.05, 4.69) is 21.2 Å². The van der Waals surface area contributed by atoms with Crippen LogP contribution in [0.2, 0.25) is 0 Å². The van der Waals surface area contributed by atoms with Gasteiger partial charge in [0.1, 0.15) is 23.1 Å². The van der Waals surface area contributed by atoms with E-state index in [1.54, 1.807) is 0 Å². The average Bonchev–Trinajstić information content (AvgIpc) is 2.70. The van der Waals surface area contributed by atoms with Gasteiger partial charge in [-0.2, -0.15) is 0 Å². The topological polar surface area (TPSA) is 111 Å². The van der Waals surface area contributed by atoms with Gasteiger partial charge in [-0.1, -0.05) is 15.9 Å². The predicted molar refractivity (Wildman–Crippen MR) is 73.9 cm³/mol. The Kier molecular flexibility index (Phi) is 4.95. The maximum atomic E-state index is 11.7. The normalized spacial score (nSPS) is 42.0. The molecule has 4 N–H and O–H groups in total. The Labute approximate surface area is 128 Å². The number of alkyl halides is 1. The number of aliphatic hydroxyl groups excluding tert-OH is 3. The highest BCUT2D eigenvalue weighted by atomic mass is 79.9. The molecule has 2 heterocycles. The van der Waals surface area contributed by atoms with Crippen molar-refractivity contribution in [2.75, 3.05) is 13.7 Å². The molecule has 114 valence electrons. The maximum absolute atomic E-state index is 11.7. The fourth-order valence-electron chi connectivity index (χ4n) is 2.23. The first kappa shape index (κ1) is 16.0. The van der Waals surface area contributed by atoms with Gasteiger partial charge in [0.2, 0.25) is 5.91 Å². The number of nitrogens with one attached hydrogen (secondary N) is 1. The number of ether oxygens (including phenoxy) is 2. The van der Waals surface area contributed by atoms with Crippen molar-refractivity contribution in [1.29, 1.82) is 0 Å². The molecule has 0 aromatic carbocycles. The van der Waals surface area contributed by atoms with Crippen molar-refractivity contribution in [2.24, 2.45) is 0 Å². The number of methoxy groups -OCH3 is 1.